The first-order valence-electron chi connectivity index (χ1n) is 10.8. The van der Waals surface area contributed by atoms with Gasteiger partial charge in [0.15, 0.2) is 0 Å². The highest BCUT2D eigenvalue weighted by Crippen LogP contribution is 2.22. The fourth-order valence-corrected chi connectivity index (χ4v) is 4.39. The highest BCUT2D eigenvalue weighted by molar-refractivity contribution is 7.09. The molecule has 1 aromatic heterocycles. The first-order chi connectivity index (χ1) is 15.0. The van der Waals surface area contributed by atoms with Gasteiger partial charge in [-0.15, -0.1) is 11.3 Å². The van der Waals surface area contributed by atoms with Crippen LogP contribution in [0.2, 0.25) is 0 Å². The number of nitrogens with one attached hydrogen (secondary N) is 1. The van der Waals surface area contributed by atoms with E-state index in [-0.39, 0.29) is 5.91 Å². The number of likely N-dealkylation sites (N-methyl/N-ethyl adjacent to an activating group) is 1. The lowest BCUT2D eigenvalue weighted by molar-refractivity contribution is -0.120. The molecule has 1 aliphatic rings. The molecule has 1 aliphatic heterocycles. The van der Waals surface area contributed by atoms with Gasteiger partial charge in [0.05, 0.1) is 17.1 Å². The highest BCUT2D eigenvalue weighted by Gasteiger charge is 2.13. The minimum atomic E-state index is 0.0405. The quantitative estimate of drug-likeness (QED) is 0.616. The molecule has 1 fully saturated rings. The molecule has 0 radical (unpaired) electrons. The Labute approximate surface area is 188 Å². The molecule has 0 spiro atoms. The van der Waals surface area contributed by atoms with Gasteiger partial charge in [0, 0.05) is 50.2 Å². The van der Waals surface area contributed by atoms with Crippen LogP contribution >= 0.6 is 11.3 Å². The van der Waals surface area contributed by atoms with E-state index >= 15 is 0 Å². The summed E-state index contributed by atoms with van der Waals surface area (Å²) in [6.07, 6.45) is 0.387. The molecule has 1 saturated heterocycles. The molecule has 162 valence electrons. The number of nitrogens with zero attached hydrogens (tertiary/aromatic N) is 3. The van der Waals surface area contributed by atoms with E-state index in [9.17, 15) is 4.79 Å². The normalized spacial score (nSPS) is 15.2. The molecule has 0 saturated carbocycles. The third-order valence-corrected chi connectivity index (χ3v) is 6.52. The molecule has 2 heterocycles. The van der Waals surface area contributed by atoms with Gasteiger partial charge in [0.2, 0.25) is 5.91 Å². The van der Waals surface area contributed by atoms with E-state index in [1.54, 1.807) is 11.3 Å². The number of piperazine rings is 1. The van der Waals surface area contributed by atoms with Gasteiger partial charge in [-0.25, -0.2) is 4.98 Å². The first kappa shape index (κ1) is 21.7. The number of hydrogen-bond acceptors (Lipinski definition) is 5. The highest BCUT2D eigenvalue weighted by atomic mass is 32.1. The van der Waals surface area contributed by atoms with Crippen molar-refractivity contribution in [2.24, 2.45) is 0 Å². The summed E-state index contributed by atoms with van der Waals surface area (Å²) in [5.41, 5.74) is 5.55. The molecule has 6 heteroatoms. The van der Waals surface area contributed by atoms with Crippen LogP contribution < -0.4 is 5.32 Å². The van der Waals surface area contributed by atoms with Gasteiger partial charge in [-0.3, -0.25) is 9.69 Å². The number of aromatic nitrogens is 1. The molecule has 0 bridgehead atoms. The number of aryl methyl sites for hydroxylation is 1. The van der Waals surface area contributed by atoms with Gasteiger partial charge in [-0.1, -0.05) is 48.5 Å². The van der Waals surface area contributed by atoms with E-state index in [1.807, 2.05) is 31.2 Å². The molecule has 3 aromatic rings. The van der Waals surface area contributed by atoms with Gasteiger partial charge < -0.3 is 10.2 Å². The van der Waals surface area contributed by atoms with Crippen molar-refractivity contribution < 1.29 is 4.79 Å². The minimum Gasteiger partial charge on any atom is -0.352 e. The second kappa shape index (κ2) is 10.2. The maximum absolute atomic E-state index is 12.4. The monoisotopic (exact) mass is 434 g/mol. The summed E-state index contributed by atoms with van der Waals surface area (Å²) in [7, 11) is 2.18. The topological polar surface area (TPSA) is 48.5 Å². The number of carbonyl (C=O) groups excluding carboxylic acids is 1. The molecule has 1 N–H and O–H groups in total. The molecule has 5 nitrogen and oxygen atoms in total. The summed E-state index contributed by atoms with van der Waals surface area (Å²) in [5.74, 6) is 0.0405. The molecule has 0 aliphatic carbocycles. The Bertz CT molecular complexity index is 989. The first-order valence-corrected chi connectivity index (χ1v) is 11.7. The van der Waals surface area contributed by atoms with Crippen LogP contribution in [0.25, 0.3) is 11.3 Å². The lowest BCUT2D eigenvalue weighted by Crippen LogP contribution is -2.43. The third kappa shape index (κ3) is 6.23. The van der Waals surface area contributed by atoms with E-state index in [4.69, 9.17) is 0 Å². The Kier molecular flexibility index (Phi) is 7.12. The van der Waals surface area contributed by atoms with Crippen molar-refractivity contribution in [3.8, 4) is 11.3 Å². The van der Waals surface area contributed by atoms with Crippen LogP contribution in [0.15, 0.2) is 53.9 Å². The summed E-state index contributed by atoms with van der Waals surface area (Å²) < 4.78 is 0. The summed E-state index contributed by atoms with van der Waals surface area (Å²) >= 11 is 1.65. The van der Waals surface area contributed by atoms with Crippen LogP contribution in [0.1, 0.15) is 21.7 Å². The molecule has 31 heavy (non-hydrogen) atoms. The summed E-state index contributed by atoms with van der Waals surface area (Å²) in [6, 6.07) is 16.7. The van der Waals surface area contributed by atoms with Crippen LogP contribution in [0.3, 0.4) is 0 Å². The Morgan fingerprint density at radius 2 is 1.61 bits per heavy atom. The zero-order valence-corrected chi connectivity index (χ0v) is 19.1. The Hall–Kier alpha value is -2.54. The predicted molar refractivity (Wildman–Crippen MR) is 127 cm³/mol. The second-order valence-corrected chi connectivity index (χ2v) is 9.36. The van der Waals surface area contributed by atoms with Crippen LogP contribution in [-0.2, 0) is 24.3 Å². The molecule has 2 aromatic carbocycles. The van der Waals surface area contributed by atoms with E-state index in [0.717, 1.165) is 60.1 Å². The van der Waals surface area contributed by atoms with Crippen molar-refractivity contribution in [3.63, 3.8) is 0 Å². The third-order valence-electron chi connectivity index (χ3n) is 5.75. The van der Waals surface area contributed by atoms with Gasteiger partial charge in [-0.05, 0) is 30.7 Å². The smallest absolute Gasteiger partial charge is 0.224 e. The van der Waals surface area contributed by atoms with Crippen molar-refractivity contribution in [2.75, 3.05) is 33.2 Å². The van der Waals surface area contributed by atoms with Crippen LogP contribution in [-0.4, -0.2) is 53.9 Å². The Morgan fingerprint density at radius 3 is 2.26 bits per heavy atom. The molecule has 1 amide bonds. The Balaban J connectivity index is 1.23. The lowest BCUT2D eigenvalue weighted by atomic mass is 10.1. The van der Waals surface area contributed by atoms with Crippen molar-refractivity contribution in [1.29, 1.82) is 0 Å². The number of rotatable bonds is 7. The maximum Gasteiger partial charge on any atom is 0.224 e. The van der Waals surface area contributed by atoms with Crippen LogP contribution in [0, 0.1) is 6.92 Å². The van der Waals surface area contributed by atoms with Gasteiger partial charge in [0.1, 0.15) is 0 Å². The molecule has 0 atom stereocenters. The van der Waals surface area contributed by atoms with E-state index in [1.165, 1.54) is 5.56 Å². The number of thiazole rings is 1. The molecular formula is C25H30N4OS. The standard InChI is InChI=1S/C25H30N4OS/c1-19-27-24(18-31-19)23-9-7-20(8-10-23)15-25(30)26-16-21-3-5-22(6-4-21)17-29-13-11-28(2)12-14-29/h3-10,18H,11-17H2,1-2H3,(H,26,30). The van der Waals surface area contributed by atoms with Gasteiger partial charge >= 0.3 is 0 Å². The molecule has 4 rings (SSSR count). The van der Waals surface area contributed by atoms with Crippen molar-refractivity contribution >= 4 is 17.2 Å². The summed E-state index contributed by atoms with van der Waals surface area (Å²) in [5, 5.41) is 6.16. The van der Waals surface area contributed by atoms with Crippen molar-refractivity contribution in [3.05, 3.63) is 75.6 Å². The van der Waals surface area contributed by atoms with Crippen LogP contribution in [0.4, 0.5) is 0 Å². The SMILES string of the molecule is Cc1nc(-c2ccc(CC(=O)NCc3ccc(CN4CCN(C)CC4)cc3)cc2)cs1. The van der Waals surface area contributed by atoms with E-state index in [0.29, 0.717) is 13.0 Å². The Morgan fingerprint density at radius 1 is 0.968 bits per heavy atom. The van der Waals surface area contributed by atoms with Crippen LogP contribution in [0.5, 0.6) is 0 Å². The number of hydrogen-bond donors (Lipinski definition) is 1. The molecule has 0 unspecified atom stereocenters. The zero-order chi connectivity index (χ0) is 21.6. The van der Waals surface area contributed by atoms with E-state index in [2.05, 4.69) is 56.8 Å². The van der Waals surface area contributed by atoms with Gasteiger partial charge in [0.25, 0.3) is 0 Å². The van der Waals surface area contributed by atoms with Gasteiger partial charge in [-0.2, -0.15) is 0 Å². The lowest BCUT2D eigenvalue weighted by Gasteiger charge is -2.32. The fourth-order valence-electron chi connectivity index (χ4n) is 3.76. The number of benzene rings is 2. The minimum absolute atomic E-state index is 0.0405. The maximum atomic E-state index is 12.4. The largest absolute Gasteiger partial charge is 0.352 e. The zero-order valence-electron chi connectivity index (χ0n) is 18.3. The second-order valence-electron chi connectivity index (χ2n) is 8.30. The molecular weight excluding hydrogens is 404 g/mol. The average Bonchev–Trinajstić information content (AvgIpc) is 3.22. The summed E-state index contributed by atoms with van der Waals surface area (Å²) in [6.45, 7) is 8.08. The number of carbonyl (C=O) groups is 1. The van der Waals surface area contributed by atoms with Crippen molar-refractivity contribution in [2.45, 2.75) is 26.4 Å². The van der Waals surface area contributed by atoms with Crippen molar-refractivity contribution in [1.82, 2.24) is 20.1 Å². The fraction of sp³-hybridized carbons (Fsp3) is 0.360. The van der Waals surface area contributed by atoms with E-state index < -0.39 is 0 Å². The average molecular weight is 435 g/mol. The number of amides is 1. The summed E-state index contributed by atoms with van der Waals surface area (Å²) in [4.78, 5) is 21.7. The predicted octanol–water partition coefficient (Wildman–Crippen LogP) is 3.72.